The van der Waals surface area contributed by atoms with Crippen LogP contribution >= 0.6 is 0 Å². The minimum atomic E-state index is -3.50. The molecule has 0 aliphatic carbocycles. The molecule has 0 aromatic heterocycles. The predicted octanol–water partition coefficient (Wildman–Crippen LogP) is 3.96. The molecule has 5 heteroatoms. The van der Waals surface area contributed by atoms with Crippen molar-refractivity contribution in [3.8, 4) is 0 Å². The number of piperidine rings is 1. The molecule has 1 unspecified atom stereocenters. The maximum atomic E-state index is 12.4. The average molecular weight is 359 g/mol. The van der Waals surface area contributed by atoms with Gasteiger partial charge in [0.1, 0.15) is 0 Å². The van der Waals surface area contributed by atoms with E-state index in [1.54, 1.807) is 24.3 Å². The Kier molecular flexibility index (Phi) is 5.45. The van der Waals surface area contributed by atoms with E-state index in [1.807, 2.05) is 25.1 Å². The molecule has 1 saturated heterocycles. The third kappa shape index (κ3) is 4.41. The van der Waals surface area contributed by atoms with Crippen molar-refractivity contribution in [3.63, 3.8) is 0 Å². The summed E-state index contributed by atoms with van der Waals surface area (Å²) in [6, 6.07) is 16.4. The molecule has 1 fully saturated rings. The van der Waals surface area contributed by atoms with Crippen LogP contribution in [0.3, 0.4) is 0 Å². The van der Waals surface area contributed by atoms with E-state index in [1.165, 1.54) is 18.5 Å². The number of hydrogen-bond acceptors (Lipinski definition) is 3. The summed E-state index contributed by atoms with van der Waals surface area (Å²) in [6.45, 7) is 6.37. The van der Waals surface area contributed by atoms with Gasteiger partial charge < -0.3 is 4.90 Å². The second-order valence-corrected chi connectivity index (χ2v) is 8.63. The molecule has 1 N–H and O–H groups in total. The van der Waals surface area contributed by atoms with Gasteiger partial charge in [-0.3, -0.25) is 0 Å². The number of nitrogens with one attached hydrogen (secondary N) is 1. The summed E-state index contributed by atoms with van der Waals surface area (Å²) >= 11 is 0. The predicted molar refractivity (Wildman–Crippen MR) is 102 cm³/mol. The molecule has 0 radical (unpaired) electrons. The third-order valence-electron chi connectivity index (χ3n) is 4.93. The Labute approximate surface area is 150 Å². The fraction of sp³-hybridized carbons (Fsp3) is 0.400. The van der Waals surface area contributed by atoms with Gasteiger partial charge in [-0.1, -0.05) is 37.3 Å². The largest absolute Gasteiger partial charge is 0.372 e. The maximum absolute atomic E-state index is 12.4. The van der Waals surface area contributed by atoms with E-state index in [4.69, 9.17) is 0 Å². The van der Waals surface area contributed by atoms with Crippen molar-refractivity contribution in [1.82, 2.24) is 4.72 Å². The standard InChI is InChI=1S/C20H26N2O2S/c1-16-12-14-22(15-13-16)19-10-8-18(9-11-19)17(2)21-25(23,24)20-6-4-3-5-7-20/h3-11,16-17,21H,12-15H2,1-2H3. The molecule has 1 aliphatic rings. The zero-order valence-electron chi connectivity index (χ0n) is 14.9. The highest BCUT2D eigenvalue weighted by Gasteiger charge is 2.19. The van der Waals surface area contributed by atoms with Crippen LogP contribution in [-0.4, -0.2) is 21.5 Å². The SMILES string of the molecule is CC1CCN(c2ccc(C(C)NS(=O)(=O)c3ccccc3)cc2)CC1. The van der Waals surface area contributed by atoms with Gasteiger partial charge in [-0.25, -0.2) is 13.1 Å². The summed E-state index contributed by atoms with van der Waals surface area (Å²) in [7, 11) is -3.50. The lowest BCUT2D eigenvalue weighted by atomic mass is 9.98. The lowest BCUT2D eigenvalue weighted by molar-refractivity contribution is 0.438. The number of anilines is 1. The zero-order valence-corrected chi connectivity index (χ0v) is 15.7. The highest BCUT2D eigenvalue weighted by atomic mass is 32.2. The summed E-state index contributed by atoms with van der Waals surface area (Å²) in [5.41, 5.74) is 2.18. The van der Waals surface area contributed by atoms with Crippen molar-refractivity contribution in [2.45, 2.75) is 37.6 Å². The Hall–Kier alpha value is -1.85. The van der Waals surface area contributed by atoms with Crippen LogP contribution in [0.2, 0.25) is 0 Å². The molecule has 2 aromatic carbocycles. The Morgan fingerprint density at radius 1 is 1.00 bits per heavy atom. The fourth-order valence-corrected chi connectivity index (χ4v) is 4.46. The zero-order chi connectivity index (χ0) is 17.9. The number of rotatable bonds is 5. The highest BCUT2D eigenvalue weighted by molar-refractivity contribution is 7.89. The van der Waals surface area contributed by atoms with Gasteiger partial charge in [-0.15, -0.1) is 0 Å². The first-order valence-electron chi connectivity index (χ1n) is 8.88. The molecular formula is C20H26N2O2S. The Morgan fingerprint density at radius 3 is 2.20 bits per heavy atom. The topological polar surface area (TPSA) is 49.4 Å². The van der Waals surface area contributed by atoms with Gasteiger partial charge in [0.2, 0.25) is 10.0 Å². The van der Waals surface area contributed by atoms with Crippen LogP contribution in [0, 0.1) is 5.92 Å². The molecule has 4 nitrogen and oxygen atoms in total. The van der Waals surface area contributed by atoms with Gasteiger partial charge in [0.25, 0.3) is 0 Å². The molecule has 134 valence electrons. The van der Waals surface area contributed by atoms with Crippen LogP contribution in [0.15, 0.2) is 59.5 Å². The van der Waals surface area contributed by atoms with Crippen molar-refractivity contribution in [2.75, 3.05) is 18.0 Å². The summed E-state index contributed by atoms with van der Waals surface area (Å²) in [5.74, 6) is 0.808. The van der Waals surface area contributed by atoms with Crippen molar-refractivity contribution < 1.29 is 8.42 Å². The van der Waals surface area contributed by atoms with E-state index in [0.29, 0.717) is 4.90 Å². The molecule has 1 aliphatic heterocycles. The number of nitrogens with zero attached hydrogens (tertiary/aromatic N) is 1. The van der Waals surface area contributed by atoms with Crippen LogP contribution in [0.5, 0.6) is 0 Å². The molecular weight excluding hydrogens is 332 g/mol. The lowest BCUT2D eigenvalue weighted by Crippen LogP contribution is -2.32. The minimum Gasteiger partial charge on any atom is -0.372 e. The monoisotopic (exact) mass is 358 g/mol. The summed E-state index contributed by atoms with van der Waals surface area (Å²) in [5, 5.41) is 0. The van der Waals surface area contributed by atoms with Crippen molar-refractivity contribution in [1.29, 1.82) is 0 Å². The van der Waals surface area contributed by atoms with Gasteiger partial charge in [0.05, 0.1) is 4.90 Å². The second kappa shape index (κ2) is 7.58. The summed E-state index contributed by atoms with van der Waals surface area (Å²) < 4.78 is 27.6. The average Bonchev–Trinajstić information content (AvgIpc) is 2.63. The van der Waals surface area contributed by atoms with Gasteiger partial charge in [-0.2, -0.15) is 0 Å². The van der Waals surface area contributed by atoms with Crippen LogP contribution in [0.1, 0.15) is 38.3 Å². The van der Waals surface area contributed by atoms with Crippen LogP contribution in [-0.2, 0) is 10.0 Å². The molecule has 3 rings (SSSR count). The van der Waals surface area contributed by atoms with E-state index in [9.17, 15) is 8.42 Å². The Morgan fingerprint density at radius 2 is 1.60 bits per heavy atom. The molecule has 25 heavy (non-hydrogen) atoms. The van der Waals surface area contributed by atoms with Crippen LogP contribution in [0.4, 0.5) is 5.69 Å². The van der Waals surface area contributed by atoms with Gasteiger partial charge in [0, 0.05) is 24.8 Å². The van der Waals surface area contributed by atoms with E-state index in [2.05, 4.69) is 28.7 Å². The highest BCUT2D eigenvalue weighted by Crippen LogP contribution is 2.25. The number of sulfonamides is 1. The van der Waals surface area contributed by atoms with Gasteiger partial charge in [-0.05, 0) is 55.5 Å². The van der Waals surface area contributed by atoms with Gasteiger partial charge in [0.15, 0.2) is 0 Å². The molecule has 0 spiro atoms. The quantitative estimate of drug-likeness (QED) is 0.880. The van der Waals surface area contributed by atoms with Crippen molar-refractivity contribution in [2.24, 2.45) is 5.92 Å². The van der Waals surface area contributed by atoms with Crippen LogP contribution in [0.25, 0.3) is 0 Å². The number of benzene rings is 2. The first kappa shape index (κ1) is 18.0. The molecule has 1 heterocycles. The molecule has 0 saturated carbocycles. The molecule has 2 aromatic rings. The first-order valence-corrected chi connectivity index (χ1v) is 10.4. The lowest BCUT2D eigenvalue weighted by Gasteiger charge is -2.32. The molecule has 0 bridgehead atoms. The molecule has 1 atom stereocenters. The third-order valence-corrected chi connectivity index (χ3v) is 6.48. The smallest absolute Gasteiger partial charge is 0.241 e. The van der Waals surface area contributed by atoms with Crippen molar-refractivity contribution >= 4 is 15.7 Å². The van der Waals surface area contributed by atoms with Gasteiger partial charge >= 0.3 is 0 Å². The minimum absolute atomic E-state index is 0.277. The normalized spacial score (nSPS) is 17.4. The maximum Gasteiger partial charge on any atom is 0.241 e. The first-order chi connectivity index (χ1) is 12.0. The summed E-state index contributed by atoms with van der Waals surface area (Å²) in [4.78, 5) is 2.70. The van der Waals surface area contributed by atoms with E-state index in [0.717, 1.165) is 24.6 Å². The molecule has 0 amide bonds. The Balaban J connectivity index is 1.68. The van der Waals surface area contributed by atoms with E-state index >= 15 is 0 Å². The fourth-order valence-electron chi connectivity index (χ4n) is 3.21. The second-order valence-electron chi connectivity index (χ2n) is 6.92. The Bertz CT molecular complexity index is 780. The van der Waals surface area contributed by atoms with E-state index < -0.39 is 10.0 Å². The van der Waals surface area contributed by atoms with Crippen LogP contribution < -0.4 is 9.62 Å². The van der Waals surface area contributed by atoms with E-state index in [-0.39, 0.29) is 6.04 Å². The van der Waals surface area contributed by atoms with Crippen molar-refractivity contribution in [3.05, 3.63) is 60.2 Å². The number of hydrogen-bond donors (Lipinski definition) is 1. The summed E-state index contributed by atoms with van der Waals surface area (Å²) in [6.07, 6.45) is 2.46.